The molecule has 0 atom stereocenters. The van der Waals surface area contributed by atoms with Crippen LogP contribution in [-0.4, -0.2) is 15.8 Å². The van der Waals surface area contributed by atoms with E-state index >= 15 is 0 Å². The summed E-state index contributed by atoms with van der Waals surface area (Å²) >= 11 is 0. The number of benzene rings is 2. The number of carbonyl (C=O) groups excluding carboxylic acids is 1. The molecule has 2 aromatic heterocycles. The standard InChI is InChI=1S/C28H23N3O/c32-27(26-12-5-13-28(31-26)30-22-9-2-1-3-10-22)17-14-20-7-4-8-21(19-20)23-15-16-25-24(23)11-6-18-29-25/h1-13,15,18-19H,14,16-17H2,(H,30,31). The first-order valence-corrected chi connectivity index (χ1v) is 10.8. The molecule has 0 amide bonds. The zero-order valence-corrected chi connectivity index (χ0v) is 17.7. The van der Waals surface area contributed by atoms with Crippen molar-refractivity contribution in [3.8, 4) is 0 Å². The molecule has 0 saturated carbocycles. The minimum Gasteiger partial charge on any atom is -0.340 e. The molecular formula is C28H23N3O. The minimum atomic E-state index is 0.0433. The zero-order valence-electron chi connectivity index (χ0n) is 17.7. The highest BCUT2D eigenvalue weighted by atomic mass is 16.1. The van der Waals surface area contributed by atoms with E-state index in [0.717, 1.165) is 23.4 Å². The maximum absolute atomic E-state index is 12.8. The molecule has 1 aliphatic rings. The lowest BCUT2D eigenvalue weighted by Crippen LogP contribution is -2.05. The van der Waals surface area contributed by atoms with E-state index in [9.17, 15) is 4.79 Å². The van der Waals surface area contributed by atoms with Crippen molar-refractivity contribution in [1.82, 2.24) is 9.97 Å². The highest BCUT2D eigenvalue weighted by Gasteiger charge is 2.16. The van der Waals surface area contributed by atoms with Gasteiger partial charge in [-0.3, -0.25) is 9.78 Å². The van der Waals surface area contributed by atoms with E-state index in [1.165, 1.54) is 16.7 Å². The van der Waals surface area contributed by atoms with Crippen LogP contribution in [0, 0.1) is 0 Å². The van der Waals surface area contributed by atoms with E-state index in [1.807, 2.05) is 54.7 Å². The fraction of sp³-hybridized carbons (Fsp3) is 0.107. The summed E-state index contributed by atoms with van der Waals surface area (Å²) in [6.45, 7) is 0. The number of pyridine rings is 2. The van der Waals surface area contributed by atoms with Gasteiger partial charge < -0.3 is 5.32 Å². The summed E-state index contributed by atoms with van der Waals surface area (Å²) in [6, 6.07) is 27.9. The van der Waals surface area contributed by atoms with Gasteiger partial charge in [-0.1, -0.05) is 60.7 Å². The molecule has 0 saturated heterocycles. The van der Waals surface area contributed by atoms with E-state index < -0.39 is 0 Å². The number of Topliss-reactive ketones (excluding diaryl/α,β-unsaturated/α-hetero) is 1. The van der Waals surface area contributed by atoms with Crippen molar-refractivity contribution >= 4 is 22.9 Å². The normalized spacial score (nSPS) is 12.2. The van der Waals surface area contributed by atoms with E-state index in [1.54, 1.807) is 6.07 Å². The molecule has 32 heavy (non-hydrogen) atoms. The molecule has 0 aliphatic heterocycles. The number of para-hydroxylation sites is 1. The topological polar surface area (TPSA) is 54.9 Å². The lowest BCUT2D eigenvalue weighted by Gasteiger charge is -2.09. The number of anilines is 2. The van der Waals surface area contributed by atoms with Crippen LogP contribution in [0.3, 0.4) is 0 Å². The summed E-state index contributed by atoms with van der Waals surface area (Å²) < 4.78 is 0. The number of ketones is 1. The van der Waals surface area contributed by atoms with Gasteiger partial charge >= 0.3 is 0 Å². The number of rotatable bonds is 7. The molecule has 4 nitrogen and oxygen atoms in total. The molecule has 1 N–H and O–H groups in total. The number of nitrogens with zero attached hydrogens (tertiary/aromatic N) is 2. The Balaban J connectivity index is 1.26. The minimum absolute atomic E-state index is 0.0433. The van der Waals surface area contributed by atoms with Gasteiger partial charge in [0.05, 0.1) is 5.69 Å². The predicted octanol–water partition coefficient (Wildman–Crippen LogP) is 6.02. The van der Waals surface area contributed by atoms with Crippen molar-refractivity contribution < 1.29 is 4.79 Å². The molecule has 5 rings (SSSR count). The van der Waals surface area contributed by atoms with Crippen molar-refractivity contribution in [3.05, 3.63) is 125 Å². The number of hydrogen-bond acceptors (Lipinski definition) is 4. The van der Waals surface area contributed by atoms with Gasteiger partial charge in [-0.15, -0.1) is 0 Å². The molecule has 1 aliphatic carbocycles. The van der Waals surface area contributed by atoms with Crippen LogP contribution in [-0.2, 0) is 12.8 Å². The van der Waals surface area contributed by atoms with Gasteiger partial charge in [-0.25, -0.2) is 4.98 Å². The van der Waals surface area contributed by atoms with Crippen molar-refractivity contribution in [2.75, 3.05) is 5.32 Å². The fourth-order valence-corrected chi connectivity index (χ4v) is 4.04. The van der Waals surface area contributed by atoms with E-state index in [0.29, 0.717) is 24.4 Å². The Morgan fingerprint density at radius 2 is 1.78 bits per heavy atom. The van der Waals surface area contributed by atoms with Gasteiger partial charge in [0, 0.05) is 30.3 Å². The first-order chi connectivity index (χ1) is 15.8. The Morgan fingerprint density at radius 1 is 0.906 bits per heavy atom. The van der Waals surface area contributed by atoms with Crippen LogP contribution >= 0.6 is 0 Å². The molecule has 0 fully saturated rings. The molecule has 156 valence electrons. The molecule has 4 aromatic rings. The lowest BCUT2D eigenvalue weighted by atomic mass is 9.97. The van der Waals surface area contributed by atoms with Crippen molar-refractivity contribution in [1.29, 1.82) is 0 Å². The third-order valence-electron chi connectivity index (χ3n) is 5.64. The Labute approximate surface area is 187 Å². The summed E-state index contributed by atoms with van der Waals surface area (Å²) in [4.78, 5) is 21.8. The second kappa shape index (κ2) is 8.98. The van der Waals surface area contributed by atoms with E-state index in [4.69, 9.17) is 0 Å². The quantitative estimate of drug-likeness (QED) is 0.373. The maximum Gasteiger partial charge on any atom is 0.181 e. The Hall–Kier alpha value is -4.05. The predicted molar refractivity (Wildman–Crippen MR) is 128 cm³/mol. The Morgan fingerprint density at radius 3 is 2.69 bits per heavy atom. The van der Waals surface area contributed by atoms with Gasteiger partial charge in [0.1, 0.15) is 11.5 Å². The first kappa shape index (κ1) is 19.9. The molecule has 0 radical (unpaired) electrons. The number of aryl methyl sites for hydroxylation is 1. The first-order valence-electron chi connectivity index (χ1n) is 10.8. The van der Waals surface area contributed by atoms with Gasteiger partial charge in [0.15, 0.2) is 5.78 Å². The van der Waals surface area contributed by atoms with Crippen LogP contribution in [0.5, 0.6) is 0 Å². The molecule has 2 aromatic carbocycles. The van der Waals surface area contributed by atoms with Crippen LogP contribution in [0.15, 0.2) is 97.2 Å². The average molecular weight is 418 g/mol. The molecule has 0 bridgehead atoms. The van der Waals surface area contributed by atoms with Gasteiger partial charge in [0.2, 0.25) is 0 Å². The number of hydrogen-bond donors (Lipinski definition) is 1. The highest BCUT2D eigenvalue weighted by Crippen LogP contribution is 2.31. The third kappa shape index (κ3) is 4.35. The van der Waals surface area contributed by atoms with Crippen LogP contribution < -0.4 is 5.32 Å². The number of allylic oxidation sites excluding steroid dienone is 1. The second-order valence-electron chi connectivity index (χ2n) is 7.84. The van der Waals surface area contributed by atoms with Gasteiger partial charge in [0.25, 0.3) is 0 Å². The van der Waals surface area contributed by atoms with E-state index in [-0.39, 0.29) is 5.78 Å². The van der Waals surface area contributed by atoms with Crippen LogP contribution in [0.1, 0.15) is 39.3 Å². The largest absolute Gasteiger partial charge is 0.340 e. The molecule has 0 unspecified atom stereocenters. The SMILES string of the molecule is O=C(CCc1cccc(C2=CCc3ncccc32)c1)c1cccc(Nc2ccccc2)n1. The Bertz CT molecular complexity index is 1290. The van der Waals surface area contributed by atoms with Crippen LogP contribution in [0.25, 0.3) is 5.57 Å². The summed E-state index contributed by atoms with van der Waals surface area (Å²) in [5.41, 5.74) is 7.30. The third-order valence-corrected chi connectivity index (χ3v) is 5.64. The molecule has 2 heterocycles. The number of carbonyl (C=O) groups is 1. The molecule has 4 heteroatoms. The lowest BCUT2D eigenvalue weighted by molar-refractivity contribution is 0.0978. The second-order valence-corrected chi connectivity index (χ2v) is 7.84. The number of aromatic nitrogens is 2. The highest BCUT2D eigenvalue weighted by molar-refractivity contribution is 5.94. The summed E-state index contributed by atoms with van der Waals surface area (Å²) in [6.07, 6.45) is 6.04. The zero-order chi connectivity index (χ0) is 21.8. The monoisotopic (exact) mass is 417 g/mol. The summed E-state index contributed by atoms with van der Waals surface area (Å²) in [7, 11) is 0. The number of nitrogens with one attached hydrogen (secondary N) is 1. The Kier molecular flexibility index (Phi) is 5.58. The van der Waals surface area contributed by atoms with Gasteiger partial charge in [-0.05, 0) is 53.5 Å². The molecular weight excluding hydrogens is 394 g/mol. The van der Waals surface area contributed by atoms with Crippen LogP contribution in [0.2, 0.25) is 0 Å². The smallest absolute Gasteiger partial charge is 0.181 e. The van der Waals surface area contributed by atoms with Crippen molar-refractivity contribution in [2.24, 2.45) is 0 Å². The number of fused-ring (bicyclic) bond motifs is 1. The van der Waals surface area contributed by atoms with Crippen LogP contribution in [0.4, 0.5) is 11.5 Å². The molecule has 0 spiro atoms. The maximum atomic E-state index is 12.8. The van der Waals surface area contributed by atoms with Crippen molar-refractivity contribution in [2.45, 2.75) is 19.3 Å². The summed E-state index contributed by atoms with van der Waals surface area (Å²) in [5, 5.41) is 3.25. The van der Waals surface area contributed by atoms with Crippen molar-refractivity contribution in [3.63, 3.8) is 0 Å². The fourth-order valence-electron chi connectivity index (χ4n) is 4.04. The van der Waals surface area contributed by atoms with E-state index in [2.05, 4.69) is 51.7 Å². The van der Waals surface area contributed by atoms with Gasteiger partial charge in [-0.2, -0.15) is 0 Å². The summed E-state index contributed by atoms with van der Waals surface area (Å²) in [5.74, 6) is 0.714. The average Bonchev–Trinajstić information content (AvgIpc) is 3.28.